The number of carbonyl (C=O) groups excluding carboxylic acids is 2. The average Bonchev–Trinajstić information content (AvgIpc) is 3.25. The Morgan fingerprint density at radius 1 is 0.968 bits per heavy atom. The fourth-order valence-corrected chi connectivity index (χ4v) is 3.05. The first kappa shape index (κ1) is 20.2. The molecule has 0 saturated carbocycles. The van der Waals surface area contributed by atoms with E-state index in [-0.39, 0.29) is 11.6 Å². The number of hydrogen-bond donors (Lipinski definition) is 1. The van der Waals surface area contributed by atoms with Crippen LogP contribution in [0, 0.1) is 13.8 Å². The smallest absolute Gasteiger partial charge is 0.358 e. The van der Waals surface area contributed by atoms with Crippen LogP contribution in [0.4, 0.5) is 5.69 Å². The number of hydrogen-bond acceptors (Lipinski definition) is 6. The molecule has 0 aliphatic carbocycles. The molecule has 0 unspecified atom stereocenters. The van der Waals surface area contributed by atoms with Gasteiger partial charge >= 0.3 is 5.97 Å². The van der Waals surface area contributed by atoms with Gasteiger partial charge in [-0.05, 0) is 69.3 Å². The van der Waals surface area contributed by atoms with Crippen molar-refractivity contribution in [1.29, 1.82) is 0 Å². The molecular formula is C23H21N5O3. The summed E-state index contributed by atoms with van der Waals surface area (Å²) in [7, 11) is 0. The molecule has 8 nitrogen and oxygen atoms in total. The van der Waals surface area contributed by atoms with Gasteiger partial charge in [0, 0.05) is 17.4 Å². The topological polar surface area (TPSA) is 99.0 Å². The minimum Gasteiger partial charge on any atom is -0.461 e. The van der Waals surface area contributed by atoms with Crippen LogP contribution in [0.25, 0.3) is 16.7 Å². The van der Waals surface area contributed by atoms with E-state index in [4.69, 9.17) is 4.74 Å². The van der Waals surface area contributed by atoms with Gasteiger partial charge in [0.1, 0.15) is 0 Å². The summed E-state index contributed by atoms with van der Waals surface area (Å²) >= 11 is 0. The summed E-state index contributed by atoms with van der Waals surface area (Å²) in [6, 6.07) is 14.0. The second-order valence-electron chi connectivity index (χ2n) is 6.96. The Kier molecular flexibility index (Phi) is 5.44. The highest BCUT2D eigenvalue weighted by Crippen LogP contribution is 2.18. The molecule has 0 bridgehead atoms. The highest BCUT2D eigenvalue weighted by molar-refractivity contribution is 6.05. The molecule has 8 heteroatoms. The van der Waals surface area contributed by atoms with Crippen molar-refractivity contribution in [3.05, 3.63) is 77.4 Å². The first-order valence-electron chi connectivity index (χ1n) is 9.84. The molecule has 2 heterocycles. The number of carbonyl (C=O) groups is 2. The van der Waals surface area contributed by atoms with Gasteiger partial charge in [-0.1, -0.05) is 0 Å². The zero-order chi connectivity index (χ0) is 22.0. The third-order valence-corrected chi connectivity index (χ3v) is 4.80. The van der Waals surface area contributed by atoms with E-state index in [9.17, 15) is 9.59 Å². The van der Waals surface area contributed by atoms with Crippen molar-refractivity contribution in [1.82, 2.24) is 19.7 Å². The van der Waals surface area contributed by atoms with Crippen LogP contribution in [0.2, 0.25) is 0 Å². The number of anilines is 1. The SMILES string of the molecule is CCOC(=O)c1ccn(-c2ccc(NC(=O)c3ccc4nc(C)c(C)nc4c3)cc2)n1. The molecule has 1 N–H and O–H groups in total. The molecule has 4 aromatic rings. The summed E-state index contributed by atoms with van der Waals surface area (Å²) in [6.07, 6.45) is 1.68. The number of aryl methyl sites for hydroxylation is 2. The van der Waals surface area contributed by atoms with Crippen molar-refractivity contribution in [2.24, 2.45) is 0 Å². The molecule has 4 rings (SSSR count). The van der Waals surface area contributed by atoms with Crippen LogP contribution in [0.5, 0.6) is 0 Å². The van der Waals surface area contributed by atoms with Gasteiger partial charge in [-0.25, -0.2) is 19.4 Å². The molecule has 0 radical (unpaired) electrons. The molecule has 0 spiro atoms. The average molecular weight is 415 g/mol. The fraction of sp³-hybridized carbons (Fsp3) is 0.174. The largest absolute Gasteiger partial charge is 0.461 e. The predicted octanol–water partition coefficient (Wildman–Crippen LogP) is 3.86. The maximum Gasteiger partial charge on any atom is 0.358 e. The number of aromatic nitrogens is 4. The van der Waals surface area contributed by atoms with Gasteiger partial charge in [-0.2, -0.15) is 5.10 Å². The third kappa shape index (κ3) is 4.28. The van der Waals surface area contributed by atoms with Crippen LogP contribution in [0.3, 0.4) is 0 Å². The molecule has 31 heavy (non-hydrogen) atoms. The van der Waals surface area contributed by atoms with Crippen LogP contribution in [0.15, 0.2) is 54.7 Å². The highest BCUT2D eigenvalue weighted by Gasteiger charge is 2.12. The van der Waals surface area contributed by atoms with Crippen molar-refractivity contribution < 1.29 is 14.3 Å². The second-order valence-corrected chi connectivity index (χ2v) is 6.96. The van der Waals surface area contributed by atoms with E-state index < -0.39 is 5.97 Å². The van der Waals surface area contributed by atoms with E-state index in [1.54, 1.807) is 66.3 Å². The van der Waals surface area contributed by atoms with Crippen molar-refractivity contribution in [2.75, 3.05) is 11.9 Å². The van der Waals surface area contributed by atoms with Gasteiger partial charge < -0.3 is 10.1 Å². The van der Waals surface area contributed by atoms with Crippen LogP contribution in [-0.2, 0) is 4.74 Å². The van der Waals surface area contributed by atoms with Crippen LogP contribution in [-0.4, -0.2) is 38.2 Å². The maximum atomic E-state index is 12.7. The zero-order valence-corrected chi connectivity index (χ0v) is 17.4. The Hall–Kier alpha value is -4.07. The lowest BCUT2D eigenvalue weighted by atomic mass is 10.1. The predicted molar refractivity (Wildman–Crippen MR) is 116 cm³/mol. The molecule has 0 aliphatic rings. The number of rotatable bonds is 5. The first-order chi connectivity index (χ1) is 14.9. The van der Waals surface area contributed by atoms with Crippen LogP contribution in [0.1, 0.15) is 39.2 Å². The molecule has 156 valence electrons. The number of fused-ring (bicyclic) bond motifs is 1. The summed E-state index contributed by atoms with van der Waals surface area (Å²) in [6.45, 7) is 5.84. The maximum absolute atomic E-state index is 12.7. The van der Waals surface area contributed by atoms with Gasteiger partial charge in [-0.3, -0.25) is 4.79 Å². The Bertz CT molecular complexity index is 1280. The van der Waals surface area contributed by atoms with Crippen molar-refractivity contribution >= 4 is 28.6 Å². The summed E-state index contributed by atoms with van der Waals surface area (Å²) in [5.74, 6) is -0.700. The number of esters is 1. The molecular weight excluding hydrogens is 394 g/mol. The van der Waals surface area contributed by atoms with Crippen molar-refractivity contribution in [3.63, 3.8) is 0 Å². The van der Waals surface area contributed by atoms with Gasteiger partial charge in [-0.15, -0.1) is 0 Å². The molecule has 1 amide bonds. The number of amides is 1. The number of ether oxygens (including phenoxy) is 1. The quantitative estimate of drug-likeness (QED) is 0.497. The number of benzene rings is 2. The third-order valence-electron chi connectivity index (χ3n) is 4.80. The van der Waals surface area contributed by atoms with Gasteiger partial charge in [0.2, 0.25) is 0 Å². The monoisotopic (exact) mass is 415 g/mol. The molecule has 0 saturated heterocycles. The van der Waals surface area contributed by atoms with E-state index in [0.717, 1.165) is 22.6 Å². The van der Waals surface area contributed by atoms with E-state index >= 15 is 0 Å². The number of nitrogens with one attached hydrogen (secondary N) is 1. The van der Waals surface area contributed by atoms with Crippen LogP contribution >= 0.6 is 0 Å². The fourth-order valence-electron chi connectivity index (χ4n) is 3.05. The second kappa shape index (κ2) is 8.35. The molecule has 0 fully saturated rings. The van der Waals surface area contributed by atoms with Crippen molar-refractivity contribution in [3.8, 4) is 5.69 Å². The minimum atomic E-state index is -0.462. The lowest BCUT2D eigenvalue weighted by Crippen LogP contribution is -2.12. The van der Waals surface area contributed by atoms with Crippen molar-refractivity contribution in [2.45, 2.75) is 20.8 Å². The molecule has 2 aromatic heterocycles. The standard InChI is InChI=1S/C23H21N5O3/c1-4-31-23(30)20-11-12-28(27-20)18-8-6-17(7-9-18)26-22(29)16-5-10-19-21(13-16)25-15(3)14(2)24-19/h5-13H,4H2,1-3H3,(H,26,29). The van der Waals surface area contributed by atoms with E-state index in [1.807, 2.05) is 13.8 Å². The summed E-state index contributed by atoms with van der Waals surface area (Å²) in [5.41, 5.74) is 5.27. The van der Waals surface area contributed by atoms with E-state index in [0.29, 0.717) is 23.4 Å². The van der Waals surface area contributed by atoms with E-state index in [2.05, 4.69) is 20.4 Å². The first-order valence-corrected chi connectivity index (χ1v) is 9.84. The summed E-state index contributed by atoms with van der Waals surface area (Å²) < 4.78 is 6.52. The normalized spacial score (nSPS) is 10.8. The minimum absolute atomic E-state index is 0.238. The Morgan fingerprint density at radius 3 is 2.39 bits per heavy atom. The molecule has 0 atom stereocenters. The highest BCUT2D eigenvalue weighted by atomic mass is 16.5. The van der Waals surface area contributed by atoms with E-state index in [1.165, 1.54) is 0 Å². The summed E-state index contributed by atoms with van der Waals surface area (Å²) in [4.78, 5) is 33.4. The lowest BCUT2D eigenvalue weighted by Gasteiger charge is -2.08. The number of nitrogens with zero attached hydrogens (tertiary/aromatic N) is 4. The molecule has 0 aliphatic heterocycles. The lowest BCUT2D eigenvalue weighted by molar-refractivity contribution is 0.0519. The summed E-state index contributed by atoms with van der Waals surface area (Å²) in [5, 5.41) is 7.10. The molecule has 2 aromatic carbocycles. The van der Waals surface area contributed by atoms with Gasteiger partial charge in [0.15, 0.2) is 5.69 Å². The Balaban J connectivity index is 1.49. The Morgan fingerprint density at radius 2 is 1.68 bits per heavy atom. The van der Waals surface area contributed by atoms with Gasteiger partial charge in [0.05, 0.1) is 34.7 Å². The Labute approximate surface area is 178 Å². The zero-order valence-electron chi connectivity index (χ0n) is 17.4. The van der Waals surface area contributed by atoms with Crippen LogP contribution < -0.4 is 5.32 Å². The van der Waals surface area contributed by atoms with Gasteiger partial charge in [0.25, 0.3) is 5.91 Å².